The third-order valence-electron chi connectivity index (χ3n) is 4.11. The Morgan fingerprint density at radius 3 is 2.69 bits per heavy atom. The summed E-state index contributed by atoms with van der Waals surface area (Å²) in [5.41, 5.74) is 8.21. The summed E-state index contributed by atoms with van der Waals surface area (Å²) in [7, 11) is 1.68. The molecule has 2 rings (SSSR count). The van der Waals surface area contributed by atoms with Gasteiger partial charge < -0.3 is 25.4 Å². The number of benzene rings is 1. The number of ether oxygens (including phenoxy) is 2. The maximum absolute atomic E-state index is 11.7. The van der Waals surface area contributed by atoms with Crippen LogP contribution in [-0.4, -0.2) is 49.8 Å². The van der Waals surface area contributed by atoms with Crippen molar-refractivity contribution in [1.82, 2.24) is 10.2 Å². The highest BCUT2D eigenvalue weighted by Gasteiger charge is 2.23. The number of aliphatic imine (C=N–C) groups is 1. The van der Waals surface area contributed by atoms with Gasteiger partial charge >= 0.3 is 6.09 Å². The average molecular weight is 476 g/mol. The van der Waals surface area contributed by atoms with Gasteiger partial charge in [0.05, 0.1) is 19.8 Å². The summed E-state index contributed by atoms with van der Waals surface area (Å²) in [6, 6.07) is 8.34. The molecule has 1 heterocycles. The summed E-state index contributed by atoms with van der Waals surface area (Å²) in [5.74, 6) is 0.437. The fraction of sp³-hybridized carbons (Fsp3) is 0.556. The second-order valence-corrected chi connectivity index (χ2v) is 6.06. The van der Waals surface area contributed by atoms with Crippen molar-refractivity contribution in [2.24, 2.45) is 10.7 Å². The highest BCUT2D eigenvalue weighted by Crippen LogP contribution is 2.12. The highest BCUT2D eigenvalue weighted by molar-refractivity contribution is 14.0. The van der Waals surface area contributed by atoms with Gasteiger partial charge in [0, 0.05) is 26.2 Å². The minimum atomic E-state index is -0.237. The van der Waals surface area contributed by atoms with Crippen molar-refractivity contribution in [1.29, 1.82) is 0 Å². The second-order valence-electron chi connectivity index (χ2n) is 6.06. The van der Waals surface area contributed by atoms with Gasteiger partial charge in [-0.1, -0.05) is 24.3 Å². The van der Waals surface area contributed by atoms with E-state index in [1.54, 1.807) is 12.0 Å². The molecule has 26 heavy (non-hydrogen) atoms. The first-order valence-corrected chi connectivity index (χ1v) is 8.67. The number of methoxy groups -OCH3 is 1. The molecule has 0 unspecified atom stereocenters. The zero-order chi connectivity index (χ0) is 18.1. The minimum Gasteiger partial charge on any atom is -0.450 e. The summed E-state index contributed by atoms with van der Waals surface area (Å²) < 4.78 is 10.2. The fourth-order valence-electron chi connectivity index (χ4n) is 2.84. The van der Waals surface area contributed by atoms with Crippen LogP contribution in [0.15, 0.2) is 29.3 Å². The van der Waals surface area contributed by atoms with Gasteiger partial charge in [-0.3, -0.25) is 0 Å². The molecule has 0 aromatic heterocycles. The van der Waals surface area contributed by atoms with Crippen LogP contribution in [0, 0.1) is 0 Å². The van der Waals surface area contributed by atoms with Crippen LogP contribution in [0.1, 0.15) is 30.9 Å². The monoisotopic (exact) mass is 476 g/mol. The molecule has 1 aliphatic rings. The molecule has 1 aliphatic heterocycles. The maximum atomic E-state index is 11.7. The van der Waals surface area contributed by atoms with Gasteiger partial charge in [-0.2, -0.15) is 0 Å². The van der Waals surface area contributed by atoms with Gasteiger partial charge in [-0.25, -0.2) is 9.79 Å². The number of carbonyl (C=O) groups excluding carboxylic acids is 1. The van der Waals surface area contributed by atoms with Crippen molar-refractivity contribution in [2.45, 2.75) is 39.0 Å². The lowest BCUT2D eigenvalue weighted by Crippen LogP contribution is -2.48. The predicted octanol–water partition coefficient (Wildman–Crippen LogP) is 2.48. The molecular weight excluding hydrogens is 447 g/mol. The quantitative estimate of drug-likeness (QED) is 0.374. The van der Waals surface area contributed by atoms with Crippen molar-refractivity contribution in [3.05, 3.63) is 35.4 Å². The van der Waals surface area contributed by atoms with Gasteiger partial charge in [-0.15, -0.1) is 24.0 Å². The Morgan fingerprint density at radius 2 is 2.04 bits per heavy atom. The van der Waals surface area contributed by atoms with E-state index in [2.05, 4.69) is 16.4 Å². The van der Waals surface area contributed by atoms with Crippen LogP contribution in [0.25, 0.3) is 0 Å². The average Bonchev–Trinajstić information content (AvgIpc) is 2.61. The molecular formula is C18H29IN4O3. The van der Waals surface area contributed by atoms with Crippen molar-refractivity contribution in [2.75, 3.05) is 26.8 Å². The zero-order valence-corrected chi connectivity index (χ0v) is 17.8. The molecule has 0 spiro atoms. The lowest BCUT2D eigenvalue weighted by Gasteiger charge is -2.31. The fourth-order valence-corrected chi connectivity index (χ4v) is 2.84. The number of halogens is 1. The first-order valence-electron chi connectivity index (χ1n) is 8.67. The molecule has 146 valence electrons. The SMILES string of the molecule is CCOC(=O)N1CCC(NC(N)=NCc2cccc(COC)c2)CC1.I. The number of rotatable bonds is 6. The Balaban J connectivity index is 0.00000338. The standard InChI is InChI=1S/C18H28N4O3.HI/c1-3-25-18(23)22-9-7-16(8-10-22)21-17(19)20-12-14-5-4-6-15(11-14)13-24-2;/h4-6,11,16H,3,7-10,12-13H2,1-2H3,(H3,19,20,21);1H. The van der Waals surface area contributed by atoms with Gasteiger partial charge in [-0.05, 0) is 30.9 Å². The summed E-state index contributed by atoms with van der Waals surface area (Å²) in [6.45, 7) is 4.67. The Labute approximate surface area is 172 Å². The molecule has 0 bridgehead atoms. The van der Waals surface area contributed by atoms with Crippen molar-refractivity contribution < 1.29 is 14.3 Å². The number of likely N-dealkylation sites (tertiary alicyclic amines) is 1. The third kappa shape index (κ3) is 7.36. The molecule has 0 atom stereocenters. The van der Waals surface area contributed by atoms with Crippen LogP contribution >= 0.6 is 24.0 Å². The smallest absolute Gasteiger partial charge is 0.409 e. The number of guanidine groups is 1. The predicted molar refractivity (Wildman–Crippen MR) is 113 cm³/mol. The third-order valence-corrected chi connectivity index (χ3v) is 4.11. The maximum Gasteiger partial charge on any atom is 0.409 e. The van der Waals surface area contributed by atoms with Crippen LogP contribution in [-0.2, 0) is 22.6 Å². The molecule has 7 nitrogen and oxygen atoms in total. The first kappa shape index (κ1) is 22.5. The van der Waals surface area contributed by atoms with Gasteiger partial charge in [0.2, 0.25) is 0 Å². The number of nitrogens with one attached hydrogen (secondary N) is 1. The second kappa shape index (κ2) is 11.9. The summed E-state index contributed by atoms with van der Waals surface area (Å²) in [5, 5.41) is 3.24. The van der Waals surface area contributed by atoms with Gasteiger partial charge in [0.25, 0.3) is 0 Å². The summed E-state index contributed by atoms with van der Waals surface area (Å²) >= 11 is 0. The van der Waals surface area contributed by atoms with Gasteiger partial charge in [0.15, 0.2) is 5.96 Å². The van der Waals surface area contributed by atoms with Crippen LogP contribution in [0.5, 0.6) is 0 Å². The van der Waals surface area contributed by atoms with Crippen molar-refractivity contribution in [3.63, 3.8) is 0 Å². The van der Waals surface area contributed by atoms with Crippen molar-refractivity contribution in [3.8, 4) is 0 Å². The number of nitrogens with two attached hydrogens (primary N) is 1. The van der Waals surface area contributed by atoms with Crippen LogP contribution in [0.3, 0.4) is 0 Å². The number of piperidine rings is 1. The lowest BCUT2D eigenvalue weighted by atomic mass is 10.1. The van der Waals surface area contributed by atoms with E-state index in [0.717, 1.165) is 24.0 Å². The molecule has 0 radical (unpaired) electrons. The van der Waals surface area contributed by atoms with E-state index in [0.29, 0.717) is 38.8 Å². The number of hydrogen-bond acceptors (Lipinski definition) is 4. The summed E-state index contributed by atoms with van der Waals surface area (Å²) in [6.07, 6.45) is 1.43. The highest BCUT2D eigenvalue weighted by atomic mass is 127. The number of nitrogens with zero attached hydrogens (tertiary/aromatic N) is 2. The van der Waals surface area contributed by atoms with Crippen molar-refractivity contribution >= 4 is 36.0 Å². The van der Waals surface area contributed by atoms with E-state index in [4.69, 9.17) is 15.2 Å². The lowest BCUT2D eigenvalue weighted by molar-refractivity contribution is 0.0963. The van der Waals surface area contributed by atoms with E-state index < -0.39 is 0 Å². The number of hydrogen-bond donors (Lipinski definition) is 2. The molecule has 3 N–H and O–H groups in total. The molecule has 1 amide bonds. The molecule has 1 fully saturated rings. The van der Waals surface area contributed by atoms with E-state index in [1.807, 2.05) is 25.1 Å². The molecule has 1 aromatic carbocycles. The van der Waals surface area contributed by atoms with E-state index in [1.165, 1.54) is 0 Å². The molecule has 0 aliphatic carbocycles. The Morgan fingerprint density at radius 1 is 1.35 bits per heavy atom. The number of amides is 1. The normalized spacial score (nSPS) is 15.3. The van der Waals surface area contributed by atoms with E-state index >= 15 is 0 Å². The molecule has 1 saturated heterocycles. The van der Waals surface area contributed by atoms with Crippen LogP contribution < -0.4 is 11.1 Å². The first-order chi connectivity index (χ1) is 12.1. The molecule has 8 heteroatoms. The Kier molecular flexibility index (Phi) is 10.3. The molecule has 1 aromatic rings. The Bertz CT molecular complexity index is 590. The Hall–Kier alpha value is -1.55. The topological polar surface area (TPSA) is 89.2 Å². The zero-order valence-electron chi connectivity index (χ0n) is 15.4. The number of carbonyl (C=O) groups is 1. The molecule has 0 saturated carbocycles. The van der Waals surface area contributed by atoms with E-state index in [9.17, 15) is 4.79 Å². The largest absolute Gasteiger partial charge is 0.450 e. The minimum absolute atomic E-state index is 0. The van der Waals surface area contributed by atoms with Crippen LogP contribution in [0.4, 0.5) is 4.79 Å². The van der Waals surface area contributed by atoms with Crippen LogP contribution in [0.2, 0.25) is 0 Å². The summed E-state index contributed by atoms with van der Waals surface area (Å²) in [4.78, 5) is 17.8. The van der Waals surface area contributed by atoms with Gasteiger partial charge in [0.1, 0.15) is 0 Å². The van der Waals surface area contributed by atoms with E-state index in [-0.39, 0.29) is 36.1 Å².